The molecule has 0 unspecified atom stereocenters. The van der Waals surface area contributed by atoms with Crippen molar-refractivity contribution in [3.8, 4) is 0 Å². The lowest BCUT2D eigenvalue weighted by Gasteiger charge is -2.31. The van der Waals surface area contributed by atoms with Crippen LogP contribution in [0.1, 0.15) is 25.1 Å². The molecular formula is C18H25N5O2. The smallest absolute Gasteiger partial charge is 0.317 e. The number of carbonyl (C=O) groups excluding carboxylic acids is 2. The van der Waals surface area contributed by atoms with Gasteiger partial charge in [-0.3, -0.25) is 4.79 Å². The zero-order chi connectivity index (χ0) is 17.6. The van der Waals surface area contributed by atoms with Crippen LogP contribution in [-0.4, -0.2) is 53.5 Å². The van der Waals surface area contributed by atoms with Gasteiger partial charge in [0, 0.05) is 33.1 Å². The van der Waals surface area contributed by atoms with Gasteiger partial charge in [0.25, 0.3) is 0 Å². The van der Waals surface area contributed by atoms with Crippen molar-refractivity contribution in [1.29, 1.82) is 0 Å². The number of carbonyl (C=O) groups is 2. The first-order valence-corrected chi connectivity index (χ1v) is 8.85. The number of fused-ring (bicyclic) bond motifs is 1. The molecule has 7 nitrogen and oxygen atoms in total. The molecular weight excluding hydrogens is 318 g/mol. The van der Waals surface area contributed by atoms with E-state index in [2.05, 4.69) is 20.6 Å². The summed E-state index contributed by atoms with van der Waals surface area (Å²) in [5, 5.41) is 5.62. The van der Waals surface area contributed by atoms with Gasteiger partial charge in [-0.1, -0.05) is 12.1 Å². The van der Waals surface area contributed by atoms with Gasteiger partial charge in [-0.05, 0) is 31.4 Å². The van der Waals surface area contributed by atoms with Gasteiger partial charge in [0.15, 0.2) is 0 Å². The maximum absolute atomic E-state index is 12.3. The monoisotopic (exact) mass is 343 g/mol. The molecule has 3 rings (SSSR count). The molecule has 134 valence electrons. The van der Waals surface area contributed by atoms with Crippen LogP contribution in [0.5, 0.6) is 0 Å². The van der Waals surface area contributed by atoms with Crippen LogP contribution in [-0.2, 0) is 11.2 Å². The van der Waals surface area contributed by atoms with Crippen LogP contribution in [0.25, 0.3) is 11.0 Å². The summed E-state index contributed by atoms with van der Waals surface area (Å²) in [5.41, 5.74) is 2.00. The van der Waals surface area contributed by atoms with Crippen LogP contribution in [0.4, 0.5) is 4.79 Å². The third kappa shape index (κ3) is 4.29. The van der Waals surface area contributed by atoms with E-state index in [1.807, 2.05) is 24.3 Å². The molecule has 3 amide bonds. The molecule has 1 aromatic heterocycles. The van der Waals surface area contributed by atoms with E-state index in [1.54, 1.807) is 11.9 Å². The molecule has 2 heterocycles. The molecule has 1 fully saturated rings. The average Bonchev–Trinajstić information content (AvgIpc) is 3.07. The quantitative estimate of drug-likeness (QED) is 0.721. The molecule has 0 radical (unpaired) electrons. The number of urea groups is 1. The van der Waals surface area contributed by atoms with E-state index in [0.717, 1.165) is 42.5 Å². The maximum Gasteiger partial charge on any atom is 0.317 e. The number of nitrogens with zero attached hydrogens (tertiary/aromatic N) is 2. The van der Waals surface area contributed by atoms with E-state index >= 15 is 0 Å². The number of hydrogen-bond donors (Lipinski definition) is 3. The molecule has 3 N–H and O–H groups in total. The number of rotatable bonds is 5. The minimum absolute atomic E-state index is 0.0161. The number of nitrogens with one attached hydrogen (secondary N) is 3. The minimum Gasteiger partial charge on any atom is -0.359 e. The lowest BCUT2D eigenvalue weighted by Crippen LogP contribution is -2.48. The normalized spacial score (nSPS) is 17.5. The van der Waals surface area contributed by atoms with Gasteiger partial charge in [-0.25, -0.2) is 9.78 Å². The van der Waals surface area contributed by atoms with E-state index in [9.17, 15) is 9.59 Å². The topological polar surface area (TPSA) is 90.1 Å². The highest BCUT2D eigenvalue weighted by Gasteiger charge is 2.27. The highest BCUT2D eigenvalue weighted by molar-refractivity contribution is 5.80. The fourth-order valence-corrected chi connectivity index (χ4v) is 3.27. The van der Waals surface area contributed by atoms with E-state index in [0.29, 0.717) is 19.6 Å². The first kappa shape index (κ1) is 17.3. The number of piperidine rings is 1. The summed E-state index contributed by atoms with van der Waals surface area (Å²) in [4.78, 5) is 33.6. The molecule has 0 spiro atoms. The number of hydrogen-bond acceptors (Lipinski definition) is 3. The van der Waals surface area contributed by atoms with E-state index in [-0.39, 0.29) is 17.9 Å². The van der Waals surface area contributed by atoms with Gasteiger partial charge >= 0.3 is 6.03 Å². The zero-order valence-corrected chi connectivity index (χ0v) is 14.5. The van der Waals surface area contributed by atoms with E-state index < -0.39 is 0 Å². The van der Waals surface area contributed by atoms with Crippen molar-refractivity contribution in [1.82, 2.24) is 25.5 Å². The lowest BCUT2D eigenvalue weighted by atomic mass is 9.97. The van der Waals surface area contributed by atoms with Crippen LogP contribution in [0.2, 0.25) is 0 Å². The second-order valence-electron chi connectivity index (χ2n) is 6.44. The molecule has 1 aliphatic heterocycles. The van der Waals surface area contributed by atoms with Crippen molar-refractivity contribution in [2.24, 2.45) is 5.92 Å². The Kier molecular flexibility index (Phi) is 5.53. The van der Waals surface area contributed by atoms with Gasteiger partial charge in [0.1, 0.15) is 5.82 Å². The molecule has 1 aliphatic rings. The number of aromatic amines is 1. The van der Waals surface area contributed by atoms with Crippen molar-refractivity contribution in [3.63, 3.8) is 0 Å². The summed E-state index contributed by atoms with van der Waals surface area (Å²) in [7, 11) is 1.64. The number of para-hydroxylation sites is 2. The Balaban J connectivity index is 1.42. The van der Waals surface area contributed by atoms with Gasteiger partial charge in [-0.15, -0.1) is 0 Å². The number of benzene rings is 1. The fourth-order valence-electron chi connectivity index (χ4n) is 3.27. The minimum atomic E-state index is -0.0972. The highest BCUT2D eigenvalue weighted by Crippen LogP contribution is 2.16. The summed E-state index contributed by atoms with van der Waals surface area (Å²) in [6.45, 7) is 1.80. The van der Waals surface area contributed by atoms with Crippen LogP contribution < -0.4 is 10.6 Å². The van der Waals surface area contributed by atoms with Crippen molar-refractivity contribution in [2.45, 2.75) is 25.7 Å². The number of H-pyrrole nitrogens is 1. The first-order chi connectivity index (χ1) is 12.2. The van der Waals surface area contributed by atoms with Gasteiger partial charge < -0.3 is 20.5 Å². The molecule has 0 aliphatic carbocycles. The van der Waals surface area contributed by atoms with Crippen molar-refractivity contribution < 1.29 is 9.59 Å². The summed E-state index contributed by atoms with van der Waals surface area (Å²) in [5.74, 6) is 0.857. The third-order valence-corrected chi connectivity index (χ3v) is 4.63. The summed E-state index contributed by atoms with van der Waals surface area (Å²) in [6, 6.07) is 7.86. The number of imidazole rings is 1. The van der Waals surface area contributed by atoms with Crippen LogP contribution in [0, 0.1) is 5.92 Å². The largest absolute Gasteiger partial charge is 0.359 e. The summed E-state index contributed by atoms with van der Waals surface area (Å²) < 4.78 is 0. The highest BCUT2D eigenvalue weighted by atomic mass is 16.2. The standard InChI is InChI=1S/C18H25N5O2/c1-19-17(24)13-6-5-11-23(12-13)18(25)20-10-4-9-16-21-14-7-2-3-8-15(14)22-16/h2-3,7-8,13H,4-6,9-12H2,1H3,(H,19,24)(H,20,25)(H,21,22)/t13-/m0/s1. The van der Waals surface area contributed by atoms with E-state index in [4.69, 9.17) is 0 Å². The van der Waals surface area contributed by atoms with Crippen LogP contribution in [0.15, 0.2) is 24.3 Å². The second kappa shape index (κ2) is 8.00. The Bertz CT molecular complexity index is 709. The summed E-state index contributed by atoms with van der Waals surface area (Å²) >= 11 is 0. The number of aryl methyl sites for hydroxylation is 1. The molecule has 2 aromatic rings. The van der Waals surface area contributed by atoms with Crippen molar-refractivity contribution in [3.05, 3.63) is 30.1 Å². The number of aromatic nitrogens is 2. The second-order valence-corrected chi connectivity index (χ2v) is 6.44. The molecule has 1 aromatic carbocycles. The number of likely N-dealkylation sites (tertiary alicyclic amines) is 1. The van der Waals surface area contributed by atoms with Crippen LogP contribution >= 0.6 is 0 Å². The molecule has 0 bridgehead atoms. The molecule has 0 saturated carbocycles. The number of amides is 3. The molecule has 7 heteroatoms. The fraction of sp³-hybridized carbons (Fsp3) is 0.500. The third-order valence-electron chi connectivity index (χ3n) is 4.63. The predicted molar refractivity (Wildman–Crippen MR) is 96.2 cm³/mol. The SMILES string of the molecule is CNC(=O)[C@H]1CCCN(C(=O)NCCCc2nc3ccccc3[nH]2)C1. The Morgan fingerprint density at radius 2 is 2.20 bits per heavy atom. The van der Waals surface area contributed by atoms with Crippen LogP contribution in [0.3, 0.4) is 0 Å². The Hall–Kier alpha value is -2.57. The Morgan fingerprint density at radius 3 is 3.00 bits per heavy atom. The first-order valence-electron chi connectivity index (χ1n) is 8.85. The van der Waals surface area contributed by atoms with Crippen molar-refractivity contribution >= 4 is 23.0 Å². The van der Waals surface area contributed by atoms with Gasteiger partial charge in [-0.2, -0.15) is 0 Å². The van der Waals surface area contributed by atoms with Gasteiger partial charge in [0.05, 0.1) is 17.0 Å². The predicted octanol–water partition coefficient (Wildman–Crippen LogP) is 1.66. The molecule has 1 atom stereocenters. The van der Waals surface area contributed by atoms with Gasteiger partial charge in [0.2, 0.25) is 5.91 Å². The summed E-state index contributed by atoms with van der Waals surface area (Å²) in [6.07, 6.45) is 3.31. The Labute approximate surface area is 147 Å². The average molecular weight is 343 g/mol. The van der Waals surface area contributed by atoms with Crippen molar-refractivity contribution in [2.75, 3.05) is 26.7 Å². The van der Waals surface area contributed by atoms with E-state index in [1.165, 1.54) is 0 Å². The maximum atomic E-state index is 12.3. The molecule has 1 saturated heterocycles. The zero-order valence-electron chi connectivity index (χ0n) is 14.5. The molecule has 25 heavy (non-hydrogen) atoms. The lowest BCUT2D eigenvalue weighted by molar-refractivity contribution is -0.125. The Morgan fingerprint density at radius 1 is 1.36 bits per heavy atom.